The van der Waals surface area contributed by atoms with Gasteiger partial charge in [-0.1, -0.05) is 32.0 Å². The van der Waals surface area contributed by atoms with Crippen molar-refractivity contribution in [3.63, 3.8) is 0 Å². The summed E-state index contributed by atoms with van der Waals surface area (Å²) in [4.78, 5) is 31.1. The molecule has 2 aliphatic rings. The van der Waals surface area contributed by atoms with E-state index in [9.17, 15) is 9.59 Å². The van der Waals surface area contributed by atoms with Crippen LogP contribution in [0.1, 0.15) is 60.1 Å². The minimum Gasteiger partial charge on any atom is -0.493 e. The van der Waals surface area contributed by atoms with Crippen LogP contribution in [0.2, 0.25) is 0 Å². The van der Waals surface area contributed by atoms with Gasteiger partial charge in [0.15, 0.2) is 11.5 Å². The number of methoxy groups -OCH3 is 2. The maximum atomic E-state index is 15.0. The number of nitrogens with one attached hydrogen (secondary N) is 1. The number of halogens is 1. The number of likely N-dealkylation sites (tertiary alicyclic amines) is 1. The Morgan fingerprint density at radius 1 is 1.05 bits per heavy atom. The predicted octanol–water partition coefficient (Wildman–Crippen LogP) is 4.24. The van der Waals surface area contributed by atoms with Gasteiger partial charge in [-0.2, -0.15) is 0 Å². The van der Waals surface area contributed by atoms with Gasteiger partial charge in [0.2, 0.25) is 5.91 Å². The number of fused-ring (bicyclic) bond motifs is 1. The van der Waals surface area contributed by atoms with Crippen LogP contribution in [0.15, 0.2) is 36.4 Å². The van der Waals surface area contributed by atoms with Crippen molar-refractivity contribution >= 4 is 11.8 Å². The summed E-state index contributed by atoms with van der Waals surface area (Å²) >= 11 is 0. The van der Waals surface area contributed by atoms with Crippen LogP contribution in [-0.4, -0.2) is 69.1 Å². The van der Waals surface area contributed by atoms with E-state index in [0.717, 1.165) is 26.1 Å². The Balaban J connectivity index is 1.61. The number of likely N-dealkylation sites (N-methyl/N-ethyl adjacent to an activating group) is 1. The largest absolute Gasteiger partial charge is 0.493 e. The highest BCUT2D eigenvalue weighted by atomic mass is 19.1. The lowest BCUT2D eigenvalue weighted by Crippen LogP contribution is -2.46. The van der Waals surface area contributed by atoms with Gasteiger partial charge in [-0.25, -0.2) is 4.39 Å². The van der Waals surface area contributed by atoms with E-state index in [4.69, 9.17) is 9.47 Å². The summed E-state index contributed by atoms with van der Waals surface area (Å²) in [6.45, 7) is 8.15. The normalized spacial score (nSPS) is 23.9. The van der Waals surface area contributed by atoms with Crippen molar-refractivity contribution in [1.82, 2.24) is 15.1 Å². The average molecular weight is 512 g/mol. The molecule has 4 rings (SSSR count). The van der Waals surface area contributed by atoms with Gasteiger partial charge in [0.25, 0.3) is 5.91 Å². The van der Waals surface area contributed by atoms with Gasteiger partial charge in [0.1, 0.15) is 5.82 Å². The van der Waals surface area contributed by atoms with Gasteiger partial charge in [0, 0.05) is 37.8 Å². The van der Waals surface area contributed by atoms with Crippen molar-refractivity contribution < 1.29 is 23.5 Å². The van der Waals surface area contributed by atoms with E-state index in [2.05, 4.69) is 24.1 Å². The molecule has 2 aromatic rings. The number of benzene rings is 2. The Morgan fingerprint density at radius 3 is 2.35 bits per heavy atom. The SMILES string of the molecule is COc1cc2c(cc1OC)[C@H](C(=O)NCCCN1C[C@H](C)C[C@H](C)C1)[C@@H](c1ccccc1F)N(C)C2=O. The van der Waals surface area contributed by atoms with Gasteiger partial charge in [-0.15, -0.1) is 0 Å². The second-order valence-electron chi connectivity index (χ2n) is 10.5. The van der Waals surface area contributed by atoms with Crippen molar-refractivity contribution in [3.05, 3.63) is 58.9 Å². The lowest BCUT2D eigenvalue weighted by molar-refractivity contribution is -0.124. The summed E-state index contributed by atoms with van der Waals surface area (Å²) < 4.78 is 25.9. The first-order valence-electron chi connectivity index (χ1n) is 13.0. The van der Waals surface area contributed by atoms with E-state index in [-0.39, 0.29) is 11.8 Å². The Labute approximate surface area is 218 Å². The number of carbonyl (C=O) groups excluding carboxylic acids is 2. The number of hydrogen-bond acceptors (Lipinski definition) is 5. The fraction of sp³-hybridized carbons (Fsp3) is 0.517. The fourth-order valence-corrected chi connectivity index (χ4v) is 6.03. The number of hydrogen-bond donors (Lipinski definition) is 1. The number of ether oxygens (including phenoxy) is 2. The summed E-state index contributed by atoms with van der Waals surface area (Å²) in [5, 5.41) is 3.08. The van der Waals surface area contributed by atoms with Gasteiger partial charge in [0.05, 0.1) is 26.2 Å². The number of piperidine rings is 1. The number of amides is 2. The highest BCUT2D eigenvalue weighted by Crippen LogP contribution is 2.46. The molecule has 2 heterocycles. The molecule has 1 fully saturated rings. The van der Waals surface area contributed by atoms with Crippen LogP contribution in [0.5, 0.6) is 11.5 Å². The quantitative estimate of drug-likeness (QED) is 0.537. The zero-order chi connectivity index (χ0) is 26.7. The van der Waals surface area contributed by atoms with Crippen LogP contribution in [0.25, 0.3) is 0 Å². The molecule has 1 N–H and O–H groups in total. The molecule has 0 saturated carbocycles. The van der Waals surface area contributed by atoms with Crippen LogP contribution < -0.4 is 14.8 Å². The van der Waals surface area contributed by atoms with Crippen molar-refractivity contribution in [2.45, 2.75) is 38.6 Å². The molecule has 2 aromatic carbocycles. The first-order chi connectivity index (χ1) is 17.7. The van der Waals surface area contributed by atoms with Gasteiger partial charge in [-0.05, 0) is 55.0 Å². The van der Waals surface area contributed by atoms with Crippen molar-refractivity contribution in [3.8, 4) is 11.5 Å². The lowest BCUT2D eigenvalue weighted by atomic mass is 9.79. The molecule has 2 aliphatic heterocycles. The first kappa shape index (κ1) is 26.9. The molecule has 1 saturated heterocycles. The molecule has 0 aliphatic carbocycles. The minimum atomic E-state index is -0.815. The molecule has 7 nitrogen and oxygen atoms in total. The number of carbonyl (C=O) groups is 2. The molecule has 4 atom stereocenters. The molecule has 0 radical (unpaired) electrons. The summed E-state index contributed by atoms with van der Waals surface area (Å²) in [5.41, 5.74) is 1.16. The summed E-state index contributed by atoms with van der Waals surface area (Å²) in [6.07, 6.45) is 2.07. The molecule has 200 valence electrons. The average Bonchev–Trinajstić information content (AvgIpc) is 2.87. The maximum absolute atomic E-state index is 15.0. The monoisotopic (exact) mass is 511 g/mol. The third-order valence-electron chi connectivity index (χ3n) is 7.58. The van der Waals surface area contributed by atoms with Crippen LogP contribution in [-0.2, 0) is 4.79 Å². The van der Waals surface area contributed by atoms with E-state index in [1.54, 1.807) is 37.4 Å². The lowest BCUT2D eigenvalue weighted by Gasteiger charge is -2.40. The third kappa shape index (κ3) is 5.59. The Kier molecular flexibility index (Phi) is 8.37. The Morgan fingerprint density at radius 2 is 1.70 bits per heavy atom. The summed E-state index contributed by atoms with van der Waals surface area (Å²) in [5.74, 6) is 0.348. The van der Waals surface area contributed by atoms with Gasteiger partial charge in [-0.3, -0.25) is 9.59 Å². The van der Waals surface area contributed by atoms with E-state index >= 15 is 4.39 Å². The fourth-order valence-electron chi connectivity index (χ4n) is 6.03. The van der Waals surface area contributed by atoms with Gasteiger partial charge >= 0.3 is 0 Å². The van der Waals surface area contributed by atoms with Crippen molar-refractivity contribution in [2.24, 2.45) is 11.8 Å². The van der Waals surface area contributed by atoms with E-state index < -0.39 is 17.8 Å². The number of rotatable bonds is 8. The molecule has 2 amide bonds. The van der Waals surface area contributed by atoms with Gasteiger partial charge < -0.3 is 24.6 Å². The highest BCUT2D eigenvalue weighted by Gasteiger charge is 2.44. The molecular formula is C29H38FN3O4. The molecule has 8 heteroatoms. The van der Waals surface area contributed by atoms with E-state index in [0.29, 0.717) is 46.6 Å². The van der Waals surface area contributed by atoms with E-state index in [1.165, 1.54) is 31.6 Å². The smallest absolute Gasteiger partial charge is 0.254 e. The molecular weight excluding hydrogens is 473 g/mol. The zero-order valence-electron chi connectivity index (χ0n) is 22.4. The second-order valence-corrected chi connectivity index (χ2v) is 10.5. The maximum Gasteiger partial charge on any atom is 0.254 e. The van der Waals surface area contributed by atoms with Crippen LogP contribution >= 0.6 is 0 Å². The molecule has 37 heavy (non-hydrogen) atoms. The van der Waals surface area contributed by atoms with Crippen molar-refractivity contribution in [1.29, 1.82) is 0 Å². The summed E-state index contributed by atoms with van der Waals surface area (Å²) in [6, 6.07) is 8.78. The van der Waals surface area contributed by atoms with Crippen LogP contribution in [0, 0.1) is 17.7 Å². The topological polar surface area (TPSA) is 71.1 Å². The second kappa shape index (κ2) is 11.5. The standard InChI is InChI=1S/C29H38FN3O4/c1-18-13-19(2)17-33(16-18)12-8-11-31-28(34)26-21-14-24(36-4)25(37-5)15-22(21)29(35)32(3)27(26)20-9-6-7-10-23(20)30/h6-7,9-10,14-15,18-19,26-27H,8,11-13,16-17H2,1-5H3,(H,31,34)/t18-,19+,26-,27+/m0/s1. The minimum absolute atomic E-state index is 0.249. The molecule has 0 unspecified atom stereocenters. The van der Waals surface area contributed by atoms with Crippen LogP contribution in [0.3, 0.4) is 0 Å². The highest BCUT2D eigenvalue weighted by molar-refractivity contribution is 6.02. The van der Waals surface area contributed by atoms with E-state index in [1.807, 2.05) is 0 Å². The molecule has 0 spiro atoms. The molecule has 0 bridgehead atoms. The summed E-state index contributed by atoms with van der Waals surface area (Å²) in [7, 11) is 4.61. The third-order valence-corrected chi connectivity index (χ3v) is 7.58. The Hall–Kier alpha value is -3.13. The zero-order valence-corrected chi connectivity index (χ0v) is 22.4. The first-order valence-corrected chi connectivity index (χ1v) is 13.0. The Bertz CT molecular complexity index is 1130. The molecule has 0 aromatic heterocycles. The van der Waals surface area contributed by atoms with Crippen molar-refractivity contribution in [2.75, 3.05) is 47.4 Å². The number of nitrogens with zero attached hydrogens (tertiary/aromatic N) is 2. The predicted molar refractivity (Wildman–Crippen MR) is 141 cm³/mol. The van der Waals surface area contributed by atoms with Crippen LogP contribution in [0.4, 0.5) is 4.39 Å².